The Morgan fingerprint density at radius 1 is 1.15 bits per heavy atom. The van der Waals surface area contributed by atoms with Crippen LogP contribution in [0.1, 0.15) is 0 Å². The number of halogens is 2. The van der Waals surface area contributed by atoms with E-state index >= 15 is 0 Å². The zero-order chi connectivity index (χ0) is 9.26. The highest BCUT2D eigenvalue weighted by atomic mass is 35.5. The summed E-state index contributed by atoms with van der Waals surface area (Å²) in [6.07, 6.45) is 5.34. The van der Waals surface area contributed by atoms with Gasteiger partial charge in [0.15, 0.2) is 12.0 Å². The highest BCUT2D eigenvalue weighted by molar-refractivity contribution is 6.38. The molecule has 66 valence electrons. The number of hydrogen-bond acceptors (Lipinski definition) is 1. The van der Waals surface area contributed by atoms with E-state index in [1.807, 2.05) is 24.4 Å². The quantitative estimate of drug-likeness (QED) is 0.736. The van der Waals surface area contributed by atoms with Gasteiger partial charge in [0, 0.05) is 0 Å². The van der Waals surface area contributed by atoms with Gasteiger partial charge in [0.25, 0.3) is 0 Å². The number of quaternary nitrogens is 1. The Morgan fingerprint density at radius 2 is 1.85 bits per heavy atom. The molecule has 2 nitrogen and oxygen atoms in total. The third-order valence-electron chi connectivity index (χ3n) is 1.81. The third-order valence-corrected chi connectivity index (χ3v) is 2.44. The van der Waals surface area contributed by atoms with Crippen LogP contribution in [0.5, 0.6) is 0 Å². The average Bonchev–Trinajstić information content (AvgIpc) is 2.57. The predicted molar refractivity (Wildman–Crippen MR) is 54.7 cm³/mol. The van der Waals surface area contributed by atoms with Gasteiger partial charge < -0.3 is 0 Å². The molecule has 4 heteroatoms. The van der Waals surface area contributed by atoms with Crippen LogP contribution in [0.15, 0.2) is 35.6 Å². The molecule has 1 heterocycles. The third kappa shape index (κ3) is 1.61. The monoisotopic (exact) mass is 213 g/mol. The minimum atomic E-state index is 0.653. The fourth-order valence-electron chi connectivity index (χ4n) is 1.21. The van der Waals surface area contributed by atoms with Gasteiger partial charge in [0.1, 0.15) is 16.2 Å². The summed E-state index contributed by atoms with van der Waals surface area (Å²) in [5.74, 6) is 0. The molecule has 0 saturated carbocycles. The minimum Gasteiger partial charge on any atom is -0.230 e. The highest BCUT2D eigenvalue weighted by Crippen LogP contribution is 2.26. The summed E-state index contributed by atoms with van der Waals surface area (Å²) in [4.78, 5) is 4.92. The molecule has 1 unspecified atom stereocenters. The standard InChI is InChI=1S/C9H6Cl2N2/c10-7-2-1-3-8(11)9(7)13-5-4-12-6-13/h1-6H/p+1. The molecule has 1 aliphatic rings. The van der Waals surface area contributed by atoms with Crippen molar-refractivity contribution in [1.29, 1.82) is 0 Å². The van der Waals surface area contributed by atoms with Gasteiger partial charge in [-0.2, -0.15) is 0 Å². The van der Waals surface area contributed by atoms with Crippen molar-refractivity contribution in [2.24, 2.45) is 4.99 Å². The van der Waals surface area contributed by atoms with Crippen molar-refractivity contribution in [2.45, 2.75) is 0 Å². The summed E-state index contributed by atoms with van der Waals surface area (Å²) in [5.41, 5.74) is 0.850. The van der Waals surface area contributed by atoms with Crippen molar-refractivity contribution in [3.63, 3.8) is 0 Å². The highest BCUT2D eigenvalue weighted by Gasteiger charge is 2.17. The van der Waals surface area contributed by atoms with Crippen LogP contribution in [0, 0.1) is 0 Å². The molecule has 0 bridgehead atoms. The van der Waals surface area contributed by atoms with Crippen molar-refractivity contribution in [1.82, 2.24) is 0 Å². The fourth-order valence-corrected chi connectivity index (χ4v) is 1.83. The summed E-state index contributed by atoms with van der Waals surface area (Å²) >= 11 is 12.0. The summed E-state index contributed by atoms with van der Waals surface area (Å²) in [7, 11) is 0. The molecule has 13 heavy (non-hydrogen) atoms. The molecule has 0 aromatic heterocycles. The lowest BCUT2D eigenvalue weighted by Crippen LogP contribution is -3.00. The first-order valence-corrected chi connectivity index (χ1v) is 4.55. The van der Waals surface area contributed by atoms with Crippen LogP contribution in [0.25, 0.3) is 0 Å². The minimum absolute atomic E-state index is 0.653. The second-order valence-electron chi connectivity index (χ2n) is 2.65. The molecule has 0 amide bonds. The van der Waals surface area contributed by atoms with E-state index in [4.69, 9.17) is 23.2 Å². The van der Waals surface area contributed by atoms with Crippen LogP contribution in [0.4, 0.5) is 5.69 Å². The Labute approximate surface area is 86.1 Å². The second-order valence-corrected chi connectivity index (χ2v) is 3.46. The predicted octanol–water partition coefficient (Wildman–Crippen LogP) is 2.02. The van der Waals surface area contributed by atoms with Gasteiger partial charge in [-0.05, 0) is 12.1 Å². The zero-order valence-corrected chi connectivity index (χ0v) is 8.18. The molecule has 0 fully saturated rings. The van der Waals surface area contributed by atoms with Crippen LogP contribution in [-0.4, -0.2) is 6.34 Å². The molecule has 0 radical (unpaired) electrons. The van der Waals surface area contributed by atoms with E-state index in [1.54, 1.807) is 12.5 Å². The van der Waals surface area contributed by atoms with Crippen molar-refractivity contribution in [3.05, 3.63) is 40.6 Å². The first-order valence-electron chi connectivity index (χ1n) is 3.80. The Balaban J connectivity index is 2.49. The number of aliphatic imine (C=N–C) groups is 1. The Kier molecular flexibility index (Phi) is 2.36. The van der Waals surface area contributed by atoms with Gasteiger partial charge in [-0.15, -0.1) is 0 Å². The Morgan fingerprint density at radius 3 is 2.38 bits per heavy atom. The smallest absolute Gasteiger partial charge is 0.198 e. The molecule has 1 aromatic carbocycles. The SMILES string of the molecule is Clc1cccc(Cl)c1[NH+]1C=CN=C1. The lowest BCUT2D eigenvalue weighted by atomic mass is 10.3. The lowest BCUT2D eigenvalue weighted by molar-refractivity contribution is -0.654. The topological polar surface area (TPSA) is 16.8 Å². The van der Waals surface area contributed by atoms with Crippen molar-refractivity contribution in [3.8, 4) is 0 Å². The average molecular weight is 214 g/mol. The summed E-state index contributed by atoms with van der Waals surface area (Å²) in [6, 6.07) is 5.45. The van der Waals surface area contributed by atoms with Gasteiger partial charge in [0.05, 0.1) is 6.20 Å². The number of rotatable bonds is 1. The normalized spacial score (nSPS) is 19.7. The molecule has 0 aliphatic carbocycles. The van der Waals surface area contributed by atoms with Gasteiger partial charge in [0.2, 0.25) is 0 Å². The van der Waals surface area contributed by atoms with E-state index in [9.17, 15) is 0 Å². The van der Waals surface area contributed by atoms with Crippen LogP contribution in [0.2, 0.25) is 10.0 Å². The van der Waals surface area contributed by atoms with E-state index in [-0.39, 0.29) is 0 Å². The molecule has 1 aromatic rings. The van der Waals surface area contributed by atoms with E-state index in [0.29, 0.717) is 10.0 Å². The van der Waals surface area contributed by atoms with Crippen molar-refractivity contribution in [2.75, 3.05) is 0 Å². The van der Waals surface area contributed by atoms with E-state index in [0.717, 1.165) is 10.6 Å². The molecular weight excluding hydrogens is 207 g/mol. The lowest BCUT2D eigenvalue weighted by Gasteiger charge is -2.07. The van der Waals surface area contributed by atoms with Gasteiger partial charge in [-0.1, -0.05) is 29.3 Å². The van der Waals surface area contributed by atoms with Crippen LogP contribution >= 0.6 is 23.2 Å². The van der Waals surface area contributed by atoms with Crippen molar-refractivity contribution >= 4 is 35.2 Å². The van der Waals surface area contributed by atoms with Crippen LogP contribution in [0.3, 0.4) is 0 Å². The first kappa shape index (κ1) is 8.75. The Bertz CT molecular complexity index is 353. The van der Waals surface area contributed by atoms with E-state index in [1.165, 1.54) is 0 Å². The first-order chi connectivity index (χ1) is 6.29. The van der Waals surface area contributed by atoms with Gasteiger partial charge >= 0.3 is 0 Å². The largest absolute Gasteiger partial charge is 0.230 e. The Hall–Kier alpha value is -0.830. The summed E-state index contributed by atoms with van der Waals surface area (Å²) < 4.78 is 0. The molecule has 0 spiro atoms. The molecular formula is C9H7Cl2N2+. The molecule has 0 saturated heterocycles. The van der Waals surface area contributed by atoms with E-state index in [2.05, 4.69) is 4.99 Å². The molecule has 1 N–H and O–H groups in total. The fraction of sp³-hybridized carbons (Fsp3) is 0. The second kappa shape index (κ2) is 3.50. The number of hydrogen-bond donors (Lipinski definition) is 1. The summed E-state index contributed by atoms with van der Waals surface area (Å²) in [6.45, 7) is 0. The maximum absolute atomic E-state index is 6.01. The van der Waals surface area contributed by atoms with E-state index < -0.39 is 0 Å². The van der Waals surface area contributed by atoms with Crippen molar-refractivity contribution < 1.29 is 4.90 Å². The molecule has 1 aliphatic heterocycles. The maximum Gasteiger partial charge on any atom is 0.198 e. The zero-order valence-electron chi connectivity index (χ0n) is 6.67. The molecule has 2 rings (SSSR count). The van der Waals surface area contributed by atoms with Gasteiger partial charge in [-0.3, -0.25) is 0 Å². The van der Waals surface area contributed by atoms with Gasteiger partial charge in [-0.25, -0.2) is 9.89 Å². The maximum atomic E-state index is 6.01. The summed E-state index contributed by atoms with van der Waals surface area (Å²) in [5, 5.41) is 1.31. The number of para-hydroxylation sites is 1. The number of nitrogens with zero attached hydrogens (tertiary/aromatic N) is 1. The van der Waals surface area contributed by atoms with Crippen LogP contribution in [-0.2, 0) is 0 Å². The molecule has 1 atom stereocenters. The van der Waals surface area contributed by atoms with Crippen LogP contribution < -0.4 is 4.90 Å². The number of benzene rings is 1. The number of nitrogens with one attached hydrogen (secondary N) is 1.